The topological polar surface area (TPSA) is 74.8 Å². The molecule has 46 heavy (non-hydrogen) atoms. The molecule has 0 unspecified atom stereocenters. The number of benzene rings is 2. The molecule has 250 valence electrons. The lowest BCUT2D eigenvalue weighted by molar-refractivity contribution is -0.137. The van der Waals surface area contributed by atoms with Crippen LogP contribution >= 0.6 is 0 Å². The lowest BCUT2D eigenvalue weighted by atomic mass is 9.92. The van der Waals surface area contributed by atoms with E-state index >= 15 is 0 Å². The first-order valence-electron chi connectivity index (χ1n) is 14.8. The Bertz CT molecular complexity index is 1320. The maximum Gasteiger partial charge on any atom is 0.416 e. The number of carbonyl (C=O) groups is 2. The lowest BCUT2D eigenvalue weighted by Gasteiger charge is -2.36. The Morgan fingerprint density at radius 2 is 1.37 bits per heavy atom. The van der Waals surface area contributed by atoms with Crippen LogP contribution in [0.4, 0.5) is 37.7 Å². The van der Waals surface area contributed by atoms with E-state index in [0.717, 1.165) is 86.7 Å². The Labute approximate surface area is 264 Å². The quantitative estimate of drug-likeness (QED) is 0.264. The van der Waals surface area contributed by atoms with E-state index in [1.165, 1.54) is 12.1 Å². The SMILES string of the molecule is C=O.C=O.FC(F)(F)Cc1ccc(NC2CCC(Oc3cncc(N4CCN(Cc5ccc(C(F)(F)F)cc5)CC4)c3)CC2)cc1. The van der Waals surface area contributed by atoms with Gasteiger partial charge < -0.3 is 24.5 Å². The Morgan fingerprint density at radius 1 is 0.783 bits per heavy atom. The average molecular weight is 653 g/mol. The van der Waals surface area contributed by atoms with Gasteiger partial charge in [-0.05, 0) is 61.1 Å². The van der Waals surface area contributed by atoms with Crippen molar-refractivity contribution in [2.24, 2.45) is 0 Å². The zero-order valence-electron chi connectivity index (χ0n) is 25.3. The minimum Gasteiger partial charge on any atom is -0.489 e. The molecule has 7 nitrogen and oxygen atoms in total. The smallest absolute Gasteiger partial charge is 0.416 e. The molecule has 13 heteroatoms. The third-order valence-corrected chi connectivity index (χ3v) is 7.83. The first-order valence-corrected chi connectivity index (χ1v) is 14.8. The highest BCUT2D eigenvalue weighted by Gasteiger charge is 2.30. The van der Waals surface area contributed by atoms with E-state index in [2.05, 4.69) is 20.1 Å². The second kappa shape index (κ2) is 17.0. The number of aromatic nitrogens is 1. The van der Waals surface area contributed by atoms with Crippen LogP contribution in [0.15, 0.2) is 67.0 Å². The molecule has 5 rings (SSSR count). The van der Waals surface area contributed by atoms with Crippen molar-refractivity contribution in [2.75, 3.05) is 36.4 Å². The molecule has 0 radical (unpaired) electrons. The maximum atomic E-state index is 12.8. The molecule has 2 aliphatic rings. The zero-order chi connectivity index (χ0) is 33.7. The molecule has 2 aromatic carbocycles. The summed E-state index contributed by atoms with van der Waals surface area (Å²) in [5.74, 6) is 0.719. The van der Waals surface area contributed by atoms with E-state index in [9.17, 15) is 26.3 Å². The van der Waals surface area contributed by atoms with Crippen LogP contribution in [0.5, 0.6) is 5.75 Å². The largest absolute Gasteiger partial charge is 0.489 e. The summed E-state index contributed by atoms with van der Waals surface area (Å²) in [4.78, 5) is 24.9. The minimum atomic E-state index is -4.33. The van der Waals surface area contributed by atoms with Crippen LogP contribution in [-0.2, 0) is 28.7 Å². The van der Waals surface area contributed by atoms with Gasteiger partial charge in [-0.1, -0.05) is 24.3 Å². The highest BCUT2D eigenvalue weighted by atomic mass is 19.4. The first-order chi connectivity index (χ1) is 22.0. The molecule has 0 atom stereocenters. The van der Waals surface area contributed by atoms with Gasteiger partial charge in [0.1, 0.15) is 19.3 Å². The number of rotatable bonds is 8. The van der Waals surface area contributed by atoms with E-state index in [4.69, 9.17) is 14.3 Å². The Morgan fingerprint density at radius 3 is 1.93 bits per heavy atom. The van der Waals surface area contributed by atoms with Crippen LogP contribution in [0, 0.1) is 0 Å². The van der Waals surface area contributed by atoms with Crippen molar-refractivity contribution in [3.05, 3.63) is 83.7 Å². The van der Waals surface area contributed by atoms with Gasteiger partial charge in [-0.25, -0.2) is 0 Å². The highest BCUT2D eigenvalue weighted by molar-refractivity contribution is 5.49. The summed E-state index contributed by atoms with van der Waals surface area (Å²) >= 11 is 0. The molecule has 0 bridgehead atoms. The van der Waals surface area contributed by atoms with Crippen LogP contribution < -0.4 is 15.0 Å². The molecular formula is C33H38F6N4O3. The van der Waals surface area contributed by atoms with Gasteiger partial charge in [0.25, 0.3) is 0 Å². The molecule has 1 aliphatic heterocycles. The fraction of sp³-hybridized carbons (Fsp3) is 0.424. The number of pyridine rings is 1. The summed E-state index contributed by atoms with van der Waals surface area (Å²) in [6, 6.07) is 14.0. The average Bonchev–Trinajstić information content (AvgIpc) is 3.04. The number of nitrogens with zero attached hydrogens (tertiary/aromatic N) is 3. The predicted octanol–water partition coefficient (Wildman–Crippen LogP) is 6.96. The monoisotopic (exact) mass is 652 g/mol. The van der Waals surface area contributed by atoms with Gasteiger partial charge in [0.15, 0.2) is 0 Å². The molecule has 3 aromatic rings. The van der Waals surface area contributed by atoms with Crippen molar-refractivity contribution in [2.45, 2.75) is 63.1 Å². The normalized spacial score (nSPS) is 18.8. The fourth-order valence-electron chi connectivity index (χ4n) is 5.57. The summed E-state index contributed by atoms with van der Waals surface area (Å²) in [6.07, 6.45) is -2.36. The van der Waals surface area contributed by atoms with Gasteiger partial charge >= 0.3 is 12.4 Å². The van der Waals surface area contributed by atoms with Crippen LogP contribution in [0.3, 0.4) is 0 Å². The summed E-state index contributed by atoms with van der Waals surface area (Å²) in [6.45, 7) is 7.73. The Balaban J connectivity index is 0.00000139. The number of alkyl halides is 6. The van der Waals surface area contributed by atoms with Crippen molar-refractivity contribution in [3.8, 4) is 5.75 Å². The number of piperazine rings is 1. The number of halogens is 6. The van der Waals surface area contributed by atoms with Gasteiger partial charge in [0.2, 0.25) is 0 Å². The first kappa shape index (κ1) is 36.3. The van der Waals surface area contributed by atoms with Gasteiger partial charge in [0.05, 0.1) is 36.2 Å². The van der Waals surface area contributed by atoms with Crippen molar-refractivity contribution in [1.82, 2.24) is 9.88 Å². The predicted molar refractivity (Wildman–Crippen MR) is 164 cm³/mol. The molecular weight excluding hydrogens is 614 g/mol. The van der Waals surface area contributed by atoms with Crippen LogP contribution in [0.25, 0.3) is 0 Å². The number of hydrogen-bond donors (Lipinski definition) is 1. The molecule has 2 fully saturated rings. The molecule has 1 saturated heterocycles. The number of carbonyl (C=O) groups excluding carboxylic acids is 2. The second-order valence-corrected chi connectivity index (χ2v) is 11.1. The standard InChI is InChI=1S/C31H34F6N4O.2CH2O/c32-30(33,34)18-22-3-7-25(8-4-22)39-26-9-11-28(12-10-26)42-29-17-27(19-38-20-29)41-15-13-40(14-16-41)21-23-1-5-24(6-2-23)31(35,36)37;2*1-2/h1-8,17,19-20,26,28,39H,9-16,18,21H2;2*1H2. The molecule has 0 spiro atoms. The van der Waals surface area contributed by atoms with Crippen LogP contribution in [0.1, 0.15) is 42.4 Å². The number of ether oxygens (including phenoxy) is 1. The van der Waals surface area contributed by atoms with E-state index in [-0.39, 0.29) is 17.7 Å². The molecule has 1 aliphatic carbocycles. The van der Waals surface area contributed by atoms with E-state index < -0.39 is 24.3 Å². The Kier molecular flexibility index (Phi) is 13.4. The van der Waals surface area contributed by atoms with E-state index in [1.54, 1.807) is 30.5 Å². The third-order valence-electron chi connectivity index (χ3n) is 7.83. The lowest BCUT2D eigenvalue weighted by Crippen LogP contribution is -2.46. The van der Waals surface area contributed by atoms with Crippen molar-refractivity contribution in [3.63, 3.8) is 0 Å². The molecule has 1 saturated carbocycles. The molecule has 1 aromatic heterocycles. The Hall–Kier alpha value is -4.13. The van der Waals surface area contributed by atoms with Crippen molar-refractivity contribution < 1.29 is 40.7 Å². The summed E-state index contributed by atoms with van der Waals surface area (Å²) < 4.78 is 82.5. The van der Waals surface area contributed by atoms with Gasteiger partial charge in [-0.15, -0.1) is 0 Å². The number of hydrogen-bond acceptors (Lipinski definition) is 7. The summed E-state index contributed by atoms with van der Waals surface area (Å²) in [5, 5.41) is 3.43. The van der Waals surface area contributed by atoms with Gasteiger partial charge in [-0.3, -0.25) is 9.88 Å². The second-order valence-electron chi connectivity index (χ2n) is 11.1. The summed E-state index contributed by atoms with van der Waals surface area (Å²) in [7, 11) is 0. The highest BCUT2D eigenvalue weighted by Crippen LogP contribution is 2.30. The van der Waals surface area contributed by atoms with E-state index in [0.29, 0.717) is 6.54 Å². The maximum absolute atomic E-state index is 12.8. The molecule has 2 heterocycles. The molecule has 1 N–H and O–H groups in total. The van der Waals surface area contributed by atoms with Crippen LogP contribution in [-0.4, -0.2) is 68.0 Å². The number of nitrogens with one attached hydrogen (secondary N) is 1. The summed E-state index contributed by atoms with van der Waals surface area (Å²) in [5.41, 5.74) is 2.28. The minimum absolute atomic E-state index is 0.0647. The van der Waals surface area contributed by atoms with Crippen molar-refractivity contribution >= 4 is 25.0 Å². The third kappa shape index (κ3) is 11.3. The molecule has 0 amide bonds. The van der Waals surface area contributed by atoms with E-state index in [1.807, 2.05) is 25.8 Å². The van der Waals surface area contributed by atoms with Crippen LogP contribution in [0.2, 0.25) is 0 Å². The van der Waals surface area contributed by atoms with Gasteiger partial charge in [0, 0.05) is 50.5 Å². The zero-order valence-corrected chi connectivity index (χ0v) is 25.3. The van der Waals surface area contributed by atoms with Crippen molar-refractivity contribution in [1.29, 1.82) is 0 Å². The number of anilines is 2. The van der Waals surface area contributed by atoms with Gasteiger partial charge in [-0.2, -0.15) is 26.3 Å². The fourth-order valence-corrected chi connectivity index (χ4v) is 5.57.